The Morgan fingerprint density at radius 2 is 1.50 bits per heavy atom. The molecule has 0 amide bonds. The minimum Gasteiger partial charge on any atom is -0.448 e. The van der Waals surface area contributed by atoms with E-state index in [1.165, 1.54) is 5.56 Å². The van der Waals surface area contributed by atoms with Crippen LogP contribution in [0.3, 0.4) is 0 Å². The summed E-state index contributed by atoms with van der Waals surface area (Å²) in [6, 6.07) is 20.6. The second-order valence-electron chi connectivity index (χ2n) is 4.83. The molecule has 2 aromatic carbocycles. The molecule has 0 N–H and O–H groups in total. The number of hydrogen-bond acceptors (Lipinski definition) is 2. The van der Waals surface area contributed by atoms with E-state index in [0.29, 0.717) is 0 Å². The fourth-order valence-electron chi connectivity index (χ4n) is 2.26. The highest BCUT2D eigenvalue weighted by molar-refractivity contribution is 5.57. The van der Waals surface area contributed by atoms with Crippen LogP contribution in [0.15, 0.2) is 71.3 Å². The van der Waals surface area contributed by atoms with Gasteiger partial charge in [0.05, 0.1) is 0 Å². The van der Waals surface area contributed by atoms with Crippen LogP contribution in [-0.4, -0.2) is 4.98 Å². The summed E-state index contributed by atoms with van der Waals surface area (Å²) in [7, 11) is 0. The minimum atomic E-state index is 0.819. The molecule has 0 radical (unpaired) electrons. The van der Waals surface area contributed by atoms with E-state index in [9.17, 15) is 0 Å². The van der Waals surface area contributed by atoms with Crippen molar-refractivity contribution in [2.75, 3.05) is 0 Å². The van der Waals surface area contributed by atoms with Crippen LogP contribution in [0.1, 0.15) is 17.9 Å². The Kier molecular flexibility index (Phi) is 3.93. The molecule has 0 bridgehead atoms. The van der Waals surface area contributed by atoms with Crippen LogP contribution in [-0.2, 0) is 12.8 Å². The Morgan fingerprint density at radius 3 is 2.25 bits per heavy atom. The summed E-state index contributed by atoms with van der Waals surface area (Å²) in [5.41, 5.74) is 3.38. The van der Waals surface area contributed by atoms with E-state index in [0.717, 1.165) is 36.4 Å². The molecule has 2 heteroatoms. The van der Waals surface area contributed by atoms with Gasteiger partial charge in [0.15, 0.2) is 5.89 Å². The van der Waals surface area contributed by atoms with Gasteiger partial charge < -0.3 is 4.42 Å². The first-order chi connectivity index (χ1) is 9.92. The Hall–Kier alpha value is -2.35. The zero-order valence-electron chi connectivity index (χ0n) is 11.3. The molecule has 0 fully saturated rings. The van der Waals surface area contributed by atoms with Gasteiger partial charge in [0.2, 0.25) is 0 Å². The van der Waals surface area contributed by atoms with Crippen LogP contribution >= 0.6 is 0 Å². The zero-order valence-corrected chi connectivity index (χ0v) is 11.3. The third kappa shape index (κ3) is 3.15. The maximum atomic E-state index is 5.55. The van der Waals surface area contributed by atoms with Crippen LogP contribution in [0, 0.1) is 0 Å². The van der Waals surface area contributed by atoms with Crippen molar-refractivity contribution < 1.29 is 4.42 Å². The molecule has 0 spiro atoms. The smallest absolute Gasteiger partial charge is 0.194 e. The van der Waals surface area contributed by atoms with Crippen molar-refractivity contribution in [3.63, 3.8) is 0 Å². The van der Waals surface area contributed by atoms with Crippen molar-refractivity contribution in [2.24, 2.45) is 0 Å². The first-order valence-corrected chi connectivity index (χ1v) is 6.95. The summed E-state index contributed by atoms with van der Waals surface area (Å²) in [5.74, 6) is 0.819. The van der Waals surface area contributed by atoms with Crippen molar-refractivity contribution in [2.45, 2.75) is 19.3 Å². The van der Waals surface area contributed by atoms with Crippen molar-refractivity contribution in [3.05, 3.63) is 78.4 Å². The lowest BCUT2D eigenvalue weighted by Gasteiger charge is -1.98. The van der Waals surface area contributed by atoms with Crippen LogP contribution < -0.4 is 0 Å². The first-order valence-electron chi connectivity index (χ1n) is 6.95. The SMILES string of the molecule is c1ccc(CCCc2nc(-c3ccccc3)co2)cc1. The fraction of sp³-hybridized carbons (Fsp3) is 0.167. The normalized spacial score (nSPS) is 10.6. The Morgan fingerprint density at radius 1 is 0.800 bits per heavy atom. The molecule has 0 saturated heterocycles. The predicted molar refractivity (Wildman–Crippen MR) is 80.4 cm³/mol. The van der Waals surface area contributed by atoms with Crippen LogP contribution in [0.4, 0.5) is 0 Å². The summed E-state index contributed by atoms with van der Waals surface area (Å²) in [6.45, 7) is 0. The van der Waals surface area contributed by atoms with Gasteiger partial charge in [0.25, 0.3) is 0 Å². The highest BCUT2D eigenvalue weighted by atomic mass is 16.3. The molecule has 1 heterocycles. The highest BCUT2D eigenvalue weighted by Crippen LogP contribution is 2.18. The van der Waals surface area contributed by atoms with Crippen LogP contribution in [0.2, 0.25) is 0 Å². The Balaban J connectivity index is 1.58. The summed E-state index contributed by atoms with van der Waals surface area (Å²) >= 11 is 0. The van der Waals surface area contributed by atoms with Gasteiger partial charge in [-0.15, -0.1) is 0 Å². The third-order valence-electron chi connectivity index (χ3n) is 3.32. The molecule has 20 heavy (non-hydrogen) atoms. The maximum Gasteiger partial charge on any atom is 0.194 e. The van der Waals surface area contributed by atoms with Gasteiger partial charge in [-0.05, 0) is 18.4 Å². The van der Waals surface area contributed by atoms with Crippen molar-refractivity contribution >= 4 is 0 Å². The average molecular weight is 263 g/mol. The number of nitrogens with zero attached hydrogens (tertiary/aromatic N) is 1. The lowest BCUT2D eigenvalue weighted by molar-refractivity contribution is 0.487. The van der Waals surface area contributed by atoms with Crippen LogP contribution in [0.5, 0.6) is 0 Å². The van der Waals surface area contributed by atoms with Gasteiger partial charge in [-0.1, -0.05) is 60.7 Å². The van der Waals surface area contributed by atoms with Gasteiger partial charge in [-0.2, -0.15) is 0 Å². The van der Waals surface area contributed by atoms with Crippen molar-refractivity contribution in [3.8, 4) is 11.3 Å². The number of oxazole rings is 1. The number of rotatable bonds is 5. The van der Waals surface area contributed by atoms with E-state index >= 15 is 0 Å². The second-order valence-corrected chi connectivity index (χ2v) is 4.83. The monoisotopic (exact) mass is 263 g/mol. The van der Waals surface area contributed by atoms with Gasteiger partial charge in [0, 0.05) is 12.0 Å². The van der Waals surface area contributed by atoms with E-state index in [1.807, 2.05) is 36.4 Å². The molecule has 0 unspecified atom stereocenters. The molecular weight excluding hydrogens is 246 g/mol. The molecule has 0 saturated carbocycles. The first kappa shape index (κ1) is 12.7. The molecular formula is C18H17NO. The summed E-state index contributed by atoms with van der Waals surface area (Å²) in [5, 5.41) is 0. The lowest BCUT2D eigenvalue weighted by Crippen LogP contribution is -1.90. The molecule has 2 nitrogen and oxygen atoms in total. The summed E-state index contributed by atoms with van der Waals surface area (Å²) < 4.78 is 5.55. The highest BCUT2D eigenvalue weighted by Gasteiger charge is 2.05. The van der Waals surface area contributed by atoms with E-state index in [1.54, 1.807) is 6.26 Å². The number of aryl methyl sites for hydroxylation is 2. The quantitative estimate of drug-likeness (QED) is 0.676. The van der Waals surface area contributed by atoms with Gasteiger partial charge in [-0.25, -0.2) is 4.98 Å². The Labute approximate surface area is 119 Å². The Bertz CT molecular complexity index is 643. The van der Waals surface area contributed by atoms with E-state index in [4.69, 9.17) is 4.42 Å². The number of benzene rings is 2. The topological polar surface area (TPSA) is 26.0 Å². The molecule has 0 aliphatic carbocycles. The van der Waals surface area contributed by atoms with E-state index < -0.39 is 0 Å². The van der Waals surface area contributed by atoms with Crippen molar-refractivity contribution in [1.29, 1.82) is 0 Å². The maximum absolute atomic E-state index is 5.55. The summed E-state index contributed by atoms with van der Waals surface area (Å²) in [4.78, 5) is 4.55. The van der Waals surface area contributed by atoms with Gasteiger partial charge in [-0.3, -0.25) is 0 Å². The van der Waals surface area contributed by atoms with Crippen LogP contribution in [0.25, 0.3) is 11.3 Å². The molecule has 3 rings (SSSR count). The predicted octanol–water partition coefficient (Wildman–Crippen LogP) is 4.52. The fourth-order valence-corrected chi connectivity index (χ4v) is 2.26. The molecule has 1 aromatic heterocycles. The molecule has 0 aliphatic rings. The summed E-state index contributed by atoms with van der Waals surface area (Å²) in [6.07, 6.45) is 4.73. The average Bonchev–Trinajstić information content (AvgIpc) is 2.98. The largest absolute Gasteiger partial charge is 0.448 e. The zero-order chi connectivity index (χ0) is 13.6. The van der Waals surface area contributed by atoms with Gasteiger partial charge in [0.1, 0.15) is 12.0 Å². The molecule has 0 atom stereocenters. The second kappa shape index (κ2) is 6.20. The molecule has 3 aromatic rings. The number of aromatic nitrogens is 1. The standard InChI is InChI=1S/C18H17NO/c1-3-8-15(9-4-1)10-7-13-18-19-17(14-20-18)16-11-5-2-6-12-16/h1-6,8-9,11-12,14H,7,10,13H2. The van der Waals surface area contributed by atoms with E-state index in [-0.39, 0.29) is 0 Å². The van der Waals surface area contributed by atoms with Gasteiger partial charge >= 0.3 is 0 Å². The molecule has 0 aliphatic heterocycles. The van der Waals surface area contributed by atoms with E-state index in [2.05, 4.69) is 29.2 Å². The third-order valence-corrected chi connectivity index (χ3v) is 3.32. The number of hydrogen-bond donors (Lipinski definition) is 0. The molecule has 100 valence electrons. The lowest BCUT2D eigenvalue weighted by atomic mass is 10.1. The van der Waals surface area contributed by atoms with Crippen molar-refractivity contribution in [1.82, 2.24) is 4.98 Å². The minimum absolute atomic E-state index is 0.819.